The zero-order chi connectivity index (χ0) is 24.6. The Morgan fingerprint density at radius 3 is 2.44 bits per heavy atom. The van der Waals surface area contributed by atoms with E-state index in [0.29, 0.717) is 25.9 Å². The summed E-state index contributed by atoms with van der Waals surface area (Å²) in [4.78, 5) is 30.8. The van der Waals surface area contributed by atoms with Gasteiger partial charge in [-0.1, -0.05) is 52.0 Å². The summed E-state index contributed by atoms with van der Waals surface area (Å²) in [6, 6.07) is 13.8. The molecule has 6 heteroatoms. The molecule has 0 radical (unpaired) electrons. The van der Waals surface area contributed by atoms with E-state index in [2.05, 4.69) is 13.8 Å². The Morgan fingerprint density at radius 1 is 1.09 bits per heavy atom. The number of aryl methyl sites for hydroxylation is 1. The lowest BCUT2D eigenvalue weighted by atomic mass is 9.65. The summed E-state index contributed by atoms with van der Waals surface area (Å²) < 4.78 is 0. The molecule has 2 aliphatic rings. The number of rotatable bonds is 5. The Kier molecular flexibility index (Phi) is 6.61. The van der Waals surface area contributed by atoms with Crippen molar-refractivity contribution in [2.24, 2.45) is 11.8 Å². The highest BCUT2D eigenvalue weighted by Crippen LogP contribution is 2.44. The number of phenols is 2. The van der Waals surface area contributed by atoms with Gasteiger partial charge in [0, 0.05) is 19.5 Å². The van der Waals surface area contributed by atoms with Gasteiger partial charge < -0.3 is 20.0 Å². The van der Waals surface area contributed by atoms with Crippen LogP contribution in [0.3, 0.4) is 0 Å². The van der Waals surface area contributed by atoms with Crippen LogP contribution < -0.4 is 0 Å². The van der Waals surface area contributed by atoms with Crippen LogP contribution in [0.2, 0.25) is 0 Å². The minimum atomic E-state index is -0.444. The van der Waals surface area contributed by atoms with Crippen LogP contribution in [-0.4, -0.2) is 57.0 Å². The molecule has 4 atom stereocenters. The van der Waals surface area contributed by atoms with Gasteiger partial charge in [0.2, 0.25) is 11.8 Å². The van der Waals surface area contributed by atoms with Crippen LogP contribution in [0, 0.1) is 11.8 Å². The molecule has 2 aliphatic heterocycles. The molecule has 0 aromatic heterocycles. The third-order valence-corrected chi connectivity index (χ3v) is 7.96. The van der Waals surface area contributed by atoms with Crippen LogP contribution in [0.25, 0.3) is 0 Å². The highest BCUT2D eigenvalue weighted by molar-refractivity contribution is 5.89. The standard InChI is InChI=1S/C28H36N2O4/c1-18(2)26-27(34)29-16-19(3)28(4,21-6-5-7-24(32)14-21)15-22(29)17-30(26)25(33)13-10-20-8-11-23(31)12-9-20/h5-9,11-12,14,18-19,22,26,31-32H,10,13,15-17H2,1-4H3/t19-,22+,26-,28+/m0/s1. The van der Waals surface area contributed by atoms with Crippen LogP contribution >= 0.6 is 0 Å². The number of hydrogen-bond acceptors (Lipinski definition) is 4. The molecule has 0 unspecified atom stereocenters. The SMILES string of the molecule is CC(C)[C@H]1C(=O)N2C[C@H](C)[C@](C)(c3cccc(O)c3)C[C@@H]2CN1C(=O)CCc1ccc(O)cc1. The van der Waals surface area contributed by atoms with Crippen molar-refractivity contribution in [2.75, 3.05) is 13.1 Å². The van der Waals surface area contributed by atoms with E-state index in [4.69, 9.17) is 0 Å². The molecule has 0 aliphatic carbocycles. The molecule has 34 heavy (non-hydrogen) atoms. The summed E-state index contributed by atoms with van der Waals surface area (Å²) in [5.74, 6) is 0.753. The molecule has 2 saturated heterocycles. The minimum Gasteiger partial charge on any atom is -0.508 e. The van der Waals surface area contributed by atoms with Crippen LogP contribution in [0.5, 0.6) is 11.5 Å². The normalized spacial score (nSPS) is 27.1. The number of hydrogen-bond donors (Lipinski definition) is 2. The van der Waals surface area contributed by atoms with Crippen LogP contribution in [-0.2, 0) is 21.4 Å². The first-order valence-electron chi connectivity index (χ1n) is 12.3. The van der Waals surface area contributed by atoms with E-state index in [0.717, 1.165) is 17.5 Å². The second kappa shape index (κ2) is 9.32. The van der Waals surface area contributed by atoms with E-state index in [1.165, 1.54) is 0 Å². The van der Waals surface area contributed by atoms with Gasteiger partial charge in [-0.2, -0.15) is 0 Å². The van der Waals surface area contributed by atoms with E-state index < -0.39 is 6.04 Å². The van der Waals surface area contributed by atoms with Gasteiger partial charge in [-0.05, 0) is 65.5 Å². The number of aromatic hydroxyl groups is 2. The van der Waals surface area contributed by atoms with Crippen LogP contribution in [0.15, 0.2) is 48.5 Å². The highest BCUT2D eigenvalue weighted by Gasteiger charge is 2.51. The summed E-state index contributed by atoms with van der Waals surface area (Å²) in [5.41, 5.74) is 1.86. The number of piperidine rings is 1. The lowest BCUT2D eigenvalue weighted by molar-refractivity contribution is -0.162. The highest BCUT2D eigenvalue weighted by atomic mass is 16.3. The number of amides is 2. The monoisotopic (exact) mass is 464 g/mol. The molecule has 6 nitrogen and oxygen atoms in total. The van der Waals surface area contributed by atoms with Gasteiger partial charge in [0.05, 0.1) is 6.04 Å². The fourth-order valence-corrected chi connectivity index (χ4v) is 5.75. The predicted octanol–water partition coefficient (Wildman–Crippen LogP) is 4.09. The maximum atomic E-state index is 13.6. The Balaban J connectivity index is 1.56. The van der Waals surface area contributed by atoms with E-state index in [-0.39, 0.29) is 46.6 Å². The molecular weight excluding hydrogens is 428 g/mol. The second-order valence-corrected chi connectivity index (χ2v) is 10.6. The molecule has 182 valence electrons. The quantitative estimate of drug-likeness (QED) is 0.698. The second-order valence-electron chi connectivity index (χ2n) is 10.6. The molecule has 2 amide bonds. The summed E-state index contributed by atoms with van der Waals surface area (Å²) in [6.45, 7) is 9.58. The summed E-state index contributed by atoms with van der Waals surface area (Å²) in [5, 5.41) is 19.6. The van der Waals surface area contributed by atoms with Crippen molar-refractivity contribution in [3.8, 4) is 11.5 Å². The zero-order valence-electron chi connectivity index (χ0n) is 20.6. The van der Waals surface area contributed by atoms with Gasteiger partial charge in [-0.15, -0.1) is 0 Å². The van der Waals surface area contributed by atoms with Gasteiger partial charge in [-0.25, -0.2) is 0 Å². The van der Waals surface area contributed by atoms with Gasteiger partial charge in [0.1, 0.15) is 17.5 Å². The van der Waals surface area contributed by atoms with E-state index in [1.807, 2.05) is 54.0 Å². The molecule has 0 spiro atoms. The maximum Gasteiger partial charge on any atom is 0.245 e. The third-order valence-electron chi connectivity index (χ3n) is 7.96. The molecule has 2 N–H and O–H groups in total. The van der Waals surface area contributed by atoms with E-state index >= 15 is 0 Å². The number of fused-ring (bicyclic) bond motifs is 1. The Labute approximate surface area is 202 Å². The first-order valence-corrected chi connectivity index (χ1v) is 12.3. The number of phenolic OH excluding ortho intramolecular Hbond substituents is 2. The smallest absolute Gasteiger partial charge is 0.245 e. The number of piperazine rings is 1. The molecule has 2 aromatic carbocycles. The zero-order valence-corrected chi connectivity index (χ0v) is 20.6. The average Bonchev–Trinajstić information content (AvgIpc) is 2.79. The average molecular weight is 465 g/mol. The first-order chi connectivity index (χ1) is 16.1. The van der Waals surface area contributed by atoms with E-state index in [9.17, 15) is 19.8 Å². The lowest BCUT2D eigenvalue weighted by Gasteiger charge is -2.55. The molecule has 2 heterocycles. The first kappa shape index (κ1) is 24.1. The fraction of sp³-hybridized carbons (Fsp3) is 0.500. The Morgan fingerprint density at radius 2 is 1.79 bits per heavy atom. The van der Waals surface area contributed by atoms with E-state index in [1.54, 1.807) is 18.2 Å². The lowest BCUT2D eigenvalue weighted by Crippen LogP contribution is -2.68. The van der Waals surface area contributed by atoms with Crippen LogP contribution in [0.1, 0.15) is 51.7 Å². The fourth-order valence-electron chi connectivity index (χ4n) is 5.75. The van der Waals surface area contributed by atoms with Crippen LogP contribution in [0.4, 0.5) is 0 Å². The van der Waals surface area contributed by atoms with Gasteiger partial charge >= 0.3 is 0 Å². The third kappa shape index (κ3) is 4.50. The van der Waals surface area contributed by atoms with Gasteiger partial charge in [0.15, 0.2) is 0 Å². The molecule has 2 aromatic rings. The Hall–Kier alpha value is -3.02. The van der Waals surface area contributed by atoms with Crippen molar-refractivity contribution in [1.29, 1.82) is 0 Å². The van der Waals surface area contributed by atoms with Gasteiger partial charge in [0.25, 0.3) is 0 Å². The molecular formula is C28H36N2O4. The Bertz CT molecular complexity index is 1050. The summed E-state index contributed by atoms with van der Waals surface area (Å²) in [6.07, 6.45) is 1.64. The maximum absolute atomic E-state index is 13.6. The van der Waals surface area contributed by atoms with Crippen molar-refractivity contribution < 1.29 is 19.8 Å². The number of benzene rings is 2. The summed E-state index contributed by atoms with van der Waals surface area (Å²) >= 11 is 0. The van der Waals surface area contributed by atoms with Crippen molar-refractivity contribution >= 4 is 11.8 Å². The van der Waals surface area contributed by atoms with Gasteiger partial charge in [-0.3, -0.25) is 9.59 Å². The minimum absolute atomic E-state index is 0.00236. The summed E-state index contributed by atoms with van der Waals surface area (Å²) in [7, 11) is 0. The van der Waals surface area contributed by atoms with Crippen molar-refractivity contribution in [3.63, 3.8) is 0 Å². The van der Waals surface area contributed by atoms with Crippen molar-refractivity contribution in [1.82, 2.24) is 9.80 Å². The number of carbonyl (C=O) groups excluding carboxylic acids is 2. The molecule has 2 fully saturated rings. The molecule has 4 rings (SSSR count). The number of carbonyl (C=O) groups is 2. The molecule has 0 bridgehead atoms. The molecule has 0 saturated carbocycles. The van der Waals surface area contributed by atoms with Crippen molar-refractivity contribution in [3.05, 3.63) is 59.7 Å². The topological polar surface area (TPSA) is 81.1 Å². The largest absolute Gasteiger partial charge is 0.508 e. The number of nitrogens with zero attached hydrogens (tertiary/aromatic N) is 2. The van der Waals surface area contributed by atoms with Crippen molar-refractivity contribution in [2.45, 2.75) is 64.5 Å². The predicted molar refractivity (Wildman–Crippen MR) is 132 cm³/mol.